The van der Waals surface area contributed by atoms with Crippen molar-refractivity contribution in [3.8, 4) is 5.75 Å². The molecule has 2 rings (SSSR count). The summed E-state index contributed by atoms with van der Waals surface area (Å²) in [4.78, 5) is 3.97. The van der Waals surface area contributed by atoms with Gasteiger partial charge >= 0.3 is 0 Å². The Morgan fingerprint density at radius 3 is 2.50 bits per heavy atom. The van der Waals surface area contributed by atoms with Crippen LogP contribution in [0, 0.1) is 0 Å². The van der Waals surface area contributed by atoms with E-state index in [1.165, 1.54) is 5.56 Å². The third-order valence-electron chi connectivity index (χ3n) is 2.44. The zero-order valence-electron chi connectivity index (χ0n) is 9.97. The molecule has 1 aromatic heterocycles. The average molecular weight is 263 g/mol. The van der Waals surface area contributed by atoms with Crippen LogP contribution in [0.2, 0.25) is 5.02 Å². The monoisotopic (exact) mass is 262 g/mol. The van der Waals surface area contributed by atoms with Gasteiger partial charge in [-0.05, 0) is 42.0 Å². The molecule has 0 spiro atoms. The molecule has 4 heteroatoms. The number of pyridine rings is 1. The Bertz CT molecular complexity index is 459. The number of hydrogen-bond donors (Lipinski definition) is 1. The lowest BCUT2D eigenvalue weighted by atomic mass is 10.3. The number of aromatic nitrogens is 1. The van der Waals surface area contributed by atoms with E-state index in [0.29, 0.717) is 6.61 Å². The van der Waals surface area contributed by atoms with Crippen molar-refractivity contribution in [1.82, 2.24) is 10.3 Å². The molecule has 1 heterocycles. The molecule has 2 aromatic rings. The minimum atomic E-state index is 0.632. The van der Waals surface area contributed by atoms with Crippen molar-refractivity contribution < 1.29 is 4.74 Å². The van der Waals surface area contributed by atoms with Crippen molar-refractivity contribution in [1.29, 1.82) is 0 Å². The molecule has 0 saturated carbocycles. The van der Waals surface area contributed by atoms with E-state index in [0.717, 1.165) is 23.9 Å². The minimum absolute atomic E-state index is 0.632. The summed E-state index contributed by atoms with van der Waals surface area (Å²) in [6.07, 6.45) is 3.59. The first-order valence-electron chi connectivity index (χ1n) is 5.82. The Hall–Kier alpha value is -1.58. The SMILES string of the molecule is Clc1ccc(OCCNCc2ccncc2)cc1. The molecule has 0 unspecified atom stereocenters. The van der Waals surface area contributed by atoms with Crippen LogP contribution < -0.4 is 10.1 Å². The van der Waals surface area contributed by atoms with E-state index in [9.17, 15) is 0 Å². The standard InChI is InChI=1S/C14H15ClN2O/c15-13-1-3-14(4-2-13)18-10-9-17-11-12-5-7-16-8-6-12/h1-8,17H,9-11H2. The fourth-order valence-corrected chi connectivity index (χ4v) is 1.63. The number of halogens is 1. The molecule has 3 nitrogen and oxygen atoms in total. The second kappa shape index (κ2) is 6.99. The highest BCUT2D eigenvalue weighted by atomic mass is 35.5. The summed E-state index contributed by atoms with van der Waals surface area (Å²) in [5.74, 6) is 0.838. The highest BCUT2D eigenvalue weighted by Gasteiger charge is 1.94. The summed E-state index contributed by atoms with van der Waals surface area (Å²) in [6, 6.07) is 11.4. The number of nitrogens with zero attached hydrogens (tertiary/aromatic N) is 1. The van der Waals surface area contributed by atoms with Crippen LogP contribution in [0.25, 0.3) is 0 Å². The molecule has 0 radical (unpaired) electrons. The predicted octanol–water partition coefficient (Wildman–Crippen LogP) is 2.90. The molecule has 18 heavy (non-hydrogen) atoms. The maximum atomic E-state index is 5.79. The fourth-order valence-electron chi connectivity index (χ4n) is 1.51. The molecular weight excluding hydrogens is 248 g/mol. The molecule has 0 aliphatic carbocycles. The Labute approximate surface area is 112 Å². The lowest BCUT2D eigenvalue weighted by Gasteiger charge is -2.07. The highest BCUT2D eigenvalue weighted by Crippen LogP contribution is 2.15. The molecule has 0 atom stereocenters. The summed E-state index contributed by atoms with van der Waals surface area (Å²) in [5.41, 5.74) is 1.22. The summed E-state index contributed by atoms with van der Waals surface area (Å²) in [5, 5.41) is 4.02. The van der Waals surface area contributed by atoms with Crippen molar-refractivity contribution >= 4 is 11.6 Å². The van der Waals surface area contributed by atoms with E-state index in [2.05, 4.69) is 10.3 Å². The van der Waals surface area contributed by atoms with E-state index in [-0.39, 0.29) is 0 Å². The molecule has 0 aliphatic heterocycles. The summed E-state index contributed by atoms with van der Waals surface area (Å²) in [6.45, 7) is 2.25. The van der Waals surface area contributed by atoms with Gasteiger partial charge in [-0.2, -0.15) is 0 Å². The molecule has 1 N–H and O–H groups in total. The fraction of sp³-hybridized carbons (Fsp3) is 0.214. The molecule has 0 bridgehead atoms. The summed E-state index contributed by atoms with van der Waals surface area (Å²) < 4.78 is 5.57. The summed E-state index contributed by atoms with van der Waals surface area (Å²) in [7, 11) is 0. The molecule has 0 saturated heterocycles. The lowest BCUT2D eigenvalue weighted by Crippen LogP contribution is -2.20. The van der Waals surface area contributed by atoms with Gasteiger partial charge in [0.15, 0.2) is 0 Å². The largest absolute Gasteiger partial charge is 0.492 e. The maximum absolute atomic E-state index is 5.79. The predicted molar refractivity (Wildman–Crippen MR) is 72.9 cm³/mol. The second-order valence-corrected chi connectivity index (χ2v) is 4.27. The number of hydrogen-bond acceptors (Lipinski definition) is 3. The van der Waals surface area contributed by atoms with E-state index in [4.69, 9.17) is 16.3 Å². The van der Waals surface area contributed by atoms with Crippen molar-refractivity contribution in [3.63, 3.8) is 0 Å². The first kappa shape index (κ1) is 12.9. The van der Waals surface area contributed by atoms with Crippen LogP contribution >= 0.6 is 11.6 Å². The van der Waals surface area contributed by atoms with Gasteiger partial charge in [0.2, 0.25) is 0 Å². The molecular formula is C14H15ClN2O. The van der Waals surface area contributed by atoms with Crippen molar-refractivity contribution in [2.75, 3.05) is 13.2 Å². The maximum Gasteiger partial charge on any atom is 0.119 e. The van der Waals surface area contributed by atoms with E-state index in [1.807, 2.05) is 36.4 Å². The molecule has 0 amide bonds. The van der Waals surface area contributed by atoms with Gasteiger partial charge in [-0.25, -0.2) is 0 Å². The van der Waals surface area contributed by atoms with E-state index < -0.39 is 0 Å². The van der Waals surface area contributed by atoms with Crippen molar-refractivity contribution in [2.24, 2.45) is 0 Å². The third-order valence-corrected chi connectivity index (χ3v) is 2.69. The van der Waals surface area contributed by atoms with Gasteiger partial charge in [-0.1, -0.05) is 11.6 Å². The van der Waals surface area contributed by atoms with Gasteiger partial charge in [-0.15, -0.1) is 0 Å². The number of rotatable bonds is 6. The lowest BCUT2D eigenvalue weighted by molar-refractivity contribution is 0.313. The van der Waals surface area contributed by atoms with Crippen LogP contribution in [0.3, 0.4) is 0 Å². The van der Waals surface area contributed by atoms with Crippen LogP contribution in [0.15, 0.2) is 48.8 Å². The average Bonchev–Trinajstić information content (AvgIpc) is 2.42. The van der Waals surface area contributed by atoms with Gasteiger partial charge in [0.05, 0.1) is 0 Å². The van der Waals surface area contributed by atoms with E-state index >= 15 is 0 Å². The Morgan fingerprint density at radius 2 is 1.78 bits per heavy atom. The van der Waals surface area contributed by atoms with Gasteiger partial charge < -0.3 is 10.1 Å². The molecule has 0 fully saturated rings. The van der Waals surface area contributed by atoms with Gasteiger partial charge in [0, 0.05) is 30.5 Å². The Kier molecular flexibility index (Phi) is 5.00. The Morgan fingerprint density at radius 1 is 1.06 bits per heavy atom. The van der Waals surface area contributed by atoms with Gasteiger partial charge in [0.1, 0.15) is 12.4 Å². The van der Waals surface area contributed by atoms with Crippen LogP contribution in [0.4, 0.5) is 0 Å². The normalized spacial score (nSPS) is 10.3. The number of benzene rings is 1. The van der Waals surface area contributed by atoms with E-state index in [1.54, 1.807) is 12.4 Å². The van der Waals surface area contributed by atoms with Crippen molar-refractivity contribution in [2.45, 2.75) is 6.54 Å². The second-order valence-electron chi connectivity index (χ2n) is 3.83. The van der Waals surface area contributed by atoms with Crippen LogP contribution in [-0.2, 0) is 6.54 Å². The summed E-state index contributed by atoms with van der Waals surface area (Å²) >= 11 is 5.79. The number of ether oxygens (including phenoxy) is 1. The van der Waals surface area contributed by atoms with Crippen LogP contribution in [0.1, 0.15) is 5.56 Å². The van der Waals surface area contributed by atoms with Crippen LogP contribution in [0.5, 0.6) is 5.75 Å². The topological polar surface area (TPSA) is 34.1 Å². The first-order chi connectivity index (χ1) is 8.84. The highest BCUT2D eigenvalue weighted by molar-refractivity contribution is 6.30. The first-order valence-corrected chi connectivity index (χ1v) is 6.20. The third kappa shape index (κ3) is 4.35. The van der Waals surface area contributed by atoms with Gasteiger partial charge in [0.25, 0.3) is 0 Å². The van der Waals surface area contributed by atoms with Crippen molar-refractivity contribution in [3.05, 3.63) is 59.4 Å². The van der Waals surface area contributed by atoms with Crippen LogP contribution in [-0.4, -0.2) is 18.1 Å². The number of nitrogens with one attached hydrogen (secondary N) is 1. The minimum Gasteiger partial charge on any atom is -0.492 e. The zero-order chi connectivity index (χ0) is 12.6. The zero-order valence-corrected chi connectivity index (χ0v) is 10.7. The van der Waals surface area contributed by atoms with Gasteiger partial charge in [-0.3, -0.25) is 4.98 Å². The quantitative estimate of drug-likeness (QED) is 0.813. The molecule has 94 valence electrons. The Balaban J connectivity index is 1.63. The molecule has 1 aromatic carbocycles. The molecule has 0 aliphatic rings. The smallest absolute Gasteiger partial charge is 0.119 e.